The molecule has 0 aliphatic heterocycles. The molecule has 0 saturated heterocycles. The Balaban J connectivity index is 1.68. The smallest absolute Gasteiger partial charge is 0.251 e. The van der Waals surface area contributed by atoms with Gasteiger partial charge in [-0.1, -0.05) is 24.3 Å². The fourth-order valence-electron chi connectivity index (χ4n) is 2.34. The number of aliphatic hydroxyl groups excluding tert-OH is 1. The minimum absolute atomic E-state index is 0.0530. The van der Waals surface area contributed by atoms with Crippen molar-refractivity contribution >= 4 is 16.8 Å². The van der Waals surface area contributed by atoms with E-state index >= 15 is 0 Å². The zero-order valence-electron chi connectivity index (χ0n) is 11.7. The molecule has 1 unspecified atom stereocenters. The Labute approximate surface area is 126 Å². The summed E-state index contributed by atoms with van der Waals surface area (Å²) in [5, 5.41) is 13.6. The van der Waals surface area contributed by atoms with Crippen LogP contribution in [0.25, 0.3) is 10.9 Å². The second-order valence-electron chi connectivity index (χ2n) is 5.03. The largest absolute Gasteiger partial charge is 0.386 e. The van der Waals surface area contributed by atoms with Crippen molar-refractivity contribution in [1.82, 2.24) is 10.3 Å². The number of H-pyrrole nitrogens is 1. The lowest BCUT2D eigenvalue weighted by atomic mass is 10.1. The van der Waals surface area contributed by atoms with Crippen LogP contribution in [0, 0.1) is 5.82 Å². The number of aromatic nitrogens is 1. The van der Waals surface area contributed by atoms with Gasteiger partial charge in [0.1, 0.15) is 5.82 Å². The molecule has 2 aromatic carbocycles. The van der Waals surface area contributed by atoms with Crippen molar-refractivity contribution in [3.63, 3.8) is 0 Å². The number of hydrogen-bond donors (Lipinski definition) is 3. The zero-order chi connectivity index (χ0) is 15.5. The lowest BCUT2D eigenvalue weighted by molar-refractivity contribution is 0.0914. The molecule has 3 rings (SSSR count). The van der Waals surface area contributed by atoms with Crippen LogP contribution >= 0.6 is 0 Å². The van der Waals surface area contributed by atoms with E-state index in [4.69, 9.17) is 0 Å². The summed E-state index contributed by atoms with van der Waals surface area (Å²) < 4.78 is 13.5. The fraction of sp³-hybridized carbons (Fsp3) is 0.118. The maximum absolute atomic E-state index is 13.5. The number of benzene rings is 2. The average molecular weight is 298 g/mol. The number of carbonyl (C=O) groups is 1. The third-order valence-corrected chi connectivity index (χ3v) is 3.54. The van der Waals surface area contributed by atoms with Crippen molar-refractivity contribution in [2.75, 3.05) is 6.54 Å². The second-order valence-corrected chi connectivity index (χ2v) is 5.03. The number of hydrogen-bond acceptors (Lipinski definition) is 2. The van der Waals surface area contributed by atoms with Gasteiger partial charge in [0.05, 0.1) is 6.10 Å². The van der Waals surface area contributed by atoms with Crippen molar-refractivity contribution in [2.24, 2.45) is 0 Å². The number of rotatable bonds is 4. The Morgan fingerprint density at radius 1 is 1.23 bits per heavy atom. The molecular formula is C17H15FN2O2. The van der Waals surface area contributed by atoms with Crippen LogP contribution in [0.1, 0.15) is 22.0 Å². The van der Waals surface area contributed by atoms with Gasteiger partial charge in [-0.2, -0.15) is 0 Å². The molecule has 0 aliphatic rings. The summed E-state index contributed by atoms with van der Waals surface area (Å²) in [6.45, 7) is -0.0530. The Kier molecular flexibility index (Phi) is 3.89. The van der Waals surface area contributed by atoms with Crippen LogP contribution < -0.4 is 5.32 Å². The number of aromatic amines is 1. The molecule has 0 spiro atoms. The number of carbonyl (C=O) groups excluding carboxylic acids is 1. The van der Waals surface area contributed by atoms with Crippen molar-refractivity contribution < 1.29 is 14.3 Å². The van der Waals surface area contributed by atoms with Gasteiger partial charge in [0.25, 0.3) is 5.91 Å². The molecule has 3 aromatic rings. The highest BCUT2D eigenvalue weighted by Crippen LogP contribution is 2.17. The molecule has 0 bridgehead atoms. The van der Waals surface area contributed by atoms with Crippen molar-refractivity contribution in [1.29, 1.82) is 0 Å². The molecule has 0 aliphatic carbocycles. The Hall–Kier alpha value is -2.66. The molecule has 0 saturated carbocycles. The highest BCUT2D eigenvalue weighted by molar-refractivity contribution is 5.97. The molecule has 3 N–H and O–H groups in total. The standard InChI is InChI=1S/C17H15FN2O2/c18-14-4-2-1-3-13(14)16(21)10-20-17(22)12-6-5-11-7-8-19-15(11)9-12/h1-9,16,19,21H,10H2,(H,20,22). The quantitative estimate of drug-likeness (QED) is 0.693. The molecule has 1 amide bonds. The number of fused-ring (bicyclic) bond motifs is 1. The first-order chi connectivity index (χ1) is 10.6. The van der Waals surface area contributed by atoms with E-state index in [-0.39, 0.29) is 18.0 Å². The van der Waals surface area contributed by atoms with Gasteiger partial charge in [0, 0.05) is 29.4 Å². The molecule has 4 nitrogen and oxygen atoms in total. The maximum atomic E-state index is 13.5. The summed E-state index contributed by atoms with van der Waals surface area (Å²) >= 11 is 0. The molecule has 1 heterocycles. The molecule has 5 heteroatoms. The predicted molar refractivity (Wildman–Crippen MR) is 82.0 cm³/mol. The Morgan fingerprint density at radius 2 is 2.05 bits per heavy atom. The summed E-state index contributed by atoms with van der Waals surface area (Å²) in [5.74, 6) is -0.802. The highest BCUT2D eigenvalue weighted by atomic mass is 19.1. The van der Waals surface area contributed by atoms with Crippen LogP contribution in [0.3, 0.4) is 0 Å². The second kappa shape index (κ2) is 5.99. The van der Waals surface area contributed by atoms with Crippen molar-refractivity contribution in [3.8, 4) is 0 Å². The van der Waals surface area contributed by atoms with E-state index in [0.717, 1.165) is 10.9 Å². The number of aliphatic hydroxyl groups is 1. The average Bonchev–Trinajstić information content (AvgIpc) is 3.00. The SMILES string of the molecule is O=C(NCC(O)c1ccccc1F)c1ccc2cc[nH]c2c1. The van der Waals surface area contributed by atoms with E-state index in [1.165, 1.54) is 12.1 Å². The minimum Gasteiger partial charge on any atom is -0.386 e. The summed E-state index contributed by atoms with van der Waals surface area (Å²) in [7, 11) is 0. The zero-order valence-corrected chi connectivity index (χ0v) is 11.7. The van der Waals surface area contributed by atoms with Crippen LogP contribution in [-0.2, 0) is 0 Å². The first kappa shape index (κ1) is 14.3. The minimum atomic E-state index is -1.08. The number of nitrogens with one attached hydrogen (secondary N) is 2. The van der Waals surface area contributed by atoms with Gasteiger partial charge in [-0.05, 0) is 29.7 Å². The van der Waals surface area contributed by atoms with Crippen LogP contribution in [0.5, 0.6) is 0 Å². The van der Waals surface area contributed by atoms with Crippen LogP contribution in [0.4, 0.5) is 4.39 Å². The van der Waals surface area contributed by atoms with Gasteiger partial charge in [0.15, 0.2) is 0 Å². The fourth-order valence-corrected chi connectivity index (χ4v) is 2.34. The lowest BCUT2D eigenvalue weighted by Crippen LogP contribution is -2.28. The Bertz CT molecular complexity index is 813. The van der Waals surface area contributed by atoms with E-state index < -0.39 is 11.9 Å². The first-order valence-corrected chi connectivity index (χ1v) is 6.93. The van der Waals surface area contributed by atoms with E-state index in [0.29, 0.717) is 5.56 Å². The Morgan fingerprint density at radius 3 is 2.86 bits per heavy atom. The summed E-state index contributed by atoms with van der Waals surface area (Å²) in [4.78, 5) is 15.1. The monoisotopic (exact) mass is 298 g/mol. The third-order valence-electron chi connectivity index (χ3n) is 3.54. The van der Waals surface area contributed by atoms with Gasteiger partial charge in [0.2, 0.25) is 0 Å². The van der Waals surface area contributed by atoms with E-state index in [9.17, 15) is 14.3 Å². The van der Waals surface area contributed by atoms with E-state index in [1.807, 2.05) is 12.1 Å². The summed E-state index contributed by atoms with van der Waals surface area (Å²) in [5.41, 5.74) is 1.51. The van der Waals surface area contributed by atoms with Crippen LogP contribution in [0.2, 0.25) is 0 Å². The van der Waals surface area contributed by atoms with E-state index in [2.05, 4.69) is 10.3 Å². The maximum Gasteiger partial charge on any atom is 0.251 e. The van der Waals surface area contributed by atoms with Crippen LogP contribution in [-0.4, -0.2) is 22.5 Å². The van der Waals surface area contributed by atoms with Gasteiger partial charge in [-0.3, -0.25) is 4.79 Å². The van der Waals surface area contributed by atoms with Crippen molar-refractivity contribution in [2.45, 2.75) is 6.10 Å². The normalized spacial score (nSPS) is 12.3. The predicted octanol–water partition coefficient (Wildman–Crippen LogP) is 2.77. The lowest BCUT2D eigenvalue weighted by Gasteiger charge is -2.13. The molecule has 1 aromatic heterocycles. The van der Waals surface area contributed by atoms with Gasteiger partial charge in [-0.25, -0.2) is 4.39 Å². The molecule has 0 fully saturated rings. The highest BCUT2D eigenvalue weighted by Gasteiger charge is 2.14. The number of amides is 1. The first-order valence-electron chi connectivity index (χ1n) is 6.93. The molecule has 112 valence electrons. The van der Waals surface area contributed by atoms with Gasteiger partial charge in [-0.15, -0.1) is 0 Å². The summed E-state index contributed by atoms with van der Waals surface area (Å²) in [6.07, 6.45) is 0.716. The molecule has 1 atom stereocenters. The molecule has 22 heavy (non-hydrogen) atoms. The van der Waals surface area contributed by atoms with Gasteiger partial charge < -0.3 is 15.4 Å². The van der Waals surface area contributed by atoms with Crippen molar-refractivity contribution in [3.05, 3.63) is 71.7 Å². The number of halogens is 1. The molecule has 0 radical (unpaired) electrons. The summed E-state index contributed by atoms with van der Waals surface area (Å²) in [6, 6.07) is 13.2. The van der Waals surface area contributed by atoms with E-state index in [1.54, 1.807) is 30.5 Å². The topological polar surface area (TPSA) is 65.1 Å². The van der Waals surface area contributed by atoms with Gasteiger partial charge >= 0.3 is 0 Å². The van der Waals surface area contributed by atoms with Crippen LogP contribution in [0.15, 0.2) is 54.7 Å². The third kappa shape index (κ3) is 2.84. The molecular weight excluding hydrogens is 283 g/mol.